The highest BCUT2D eigenvalue weighted by Crippen LogP contribution is 2.33. The van der Waals surface area contributed by atoms with Crippen molar-refractivity contribution < 1.29 is 9.59 Å². The number of thiazole rings is 1. The van der Waals surface area contributed by atoms with Gasteiger partial charge in [0.05, 0.1) is 12.1 Å². The number of likely N-dealkylation sites (N-methyl/N-ethyl adjacent to an activating group) is 1. The molecule has 0 atom stereocenters. The highest BCUT2D eigenvalue weighted by atomic mass is 32.1. The Hall–Kier alpha value is -3.97. The van der Waals surface area contributed by atoms with E-state index in [2.05, 4.69) is 10.6 Å². The summed E-state index contributed by atoms with van der Waals surface area (Å²) in [7, 11) is 3.40. The van der Waals surface area contributed by atoms with Gasteiger partial charge in [-0.3, -0.25) is 9.59 Å². The normalized spacial score (nSPS) is 10.5. The van der Waals surface area contributed by atoms with Crippen molar-refractivity contribution in [1.29, 1.82) is 0 Å². The first-order chi connectivity index (χ1) is 16.5. The largest absolute Gasteiger partial charge is 0.355 e. The summed E-state index contributed by atoms with van der Waals surface area (Å²) in [5.41, 5.74) is 4.31. The molecule has 4 rings (SSSR count). The smallest absolute Gasteiger partial charge is 0.251 e. The summed E-state index contributed by atoms with van der Waals surface area (Å²) in [6.45, 7) is 0.460. The zero-order valence-corrected chi connectivity index (χ0v) is 19.9. The summed E-state index contributed by atoms with van der Waals surface area (Å²) in [6, 6.07) is 27.1. The molecular formula is C27H26N4O2S. The number of hydrogen-bond acceptors (Lipinski definition) is 5. The Morgan fingerprint density at radius 2 is 1.56 bits per heavy atom. The maximum Gasteiger partial charge on any atom is 0.251 e. The fourth-order valence-electron chi connectivity index (χ4n) is 3.53. The fraction of sp³-hybridized carbons (Fsp3) is 0.148. The summed E-state index contributed by atoms with van der Waals surface area (Å²) in [5.74, 6) is -0.128. The molecular weight excluding hydrogens is 444 g/mol. The molecule has 0 bridgehead atoms. The van der Waals surface area contributed by atoms with Gasteiger partial charge in [-0.1, -0.05) is 60.7 Å². The van der Waals surface area contributed by atoms with Gasteiger partial charge in [-0.15, -0.1) is 11.3 Å². The first kappa shape index (κ1) is 23.2. The molecule has 0 saturated heterocycles. The molecule has 0 saturated carbocycles. The molecule has 0 aliphatic rings. The molecule has 7 heteroatoms. The predicted molar refractivity (Wildman–Crippen MR) is 137 cm³/mol. The van der Waals surface area contributed by atoms with E-state index < -0.39 is 0 Å². The van der Waals surface area contributed by atoms with Crippen LogP contribution in [0.15, 0.2) is 84.9 Å². The molecule has 1 aromatic heterocycles. The molecule has 0 aliphatic carbocycles. The third-order valence-corrected chi connectivity index (χ3v) is 6.34. The van der Waals surface area contributed by atoms with Gasteiger partial charge in [0.25, 0.3) is 5.91 Å². The number of carbonyl (C=O) groups excluding carboxylic acids is 2. The zero-order chi connectivity index (χ0) is 23.9. The number of nitrogens with zero attached hydrogens (tertiary/aromatic N) is 2. The summed E-state index contributed by atoms with van der Waals surface area (Å²) in [5, 5.41) is 6.71. The third-order valence-electron chi connectivity index (χ3n) is 5.37. The maximum absolute atomic E-state index is 13.1. The van der Waals surface area contributed by atoms with E-state index in [1.165, 1.54) is 11.3 Å². The average molecular weight is 471 g/mol. The van der Waals surface area contributed by atoms with Gasteiger partial charge in [0.1, 0.15) is 0 Å². The molecule has 2 amide bonds. The Kier molecular flexibility index (Phi) is 7.34. The lowest BCUT2D eigenvalue weighted by atomic mass is 10.1. The minimum absolute atomic E-state index is 0.00229. The second-order valence-corrected chi connectivity index (χ2v) is 8.93. The molecule has 4 aromatic rings. The van der Waals surface area contributed by atoms with Crippen molar-refractivity contribution >= 4 is 34.0 Å². The molecule has 2 N–H and O–H groups in total. The van der Waals surface area contributed by atoms with E-state index in [-0.39, 0.29) is 18.2 Å². The quantitative estimate of drug-likeness (QED) is 0.375. The van der Waals surface area contributed by atoms with Gasteiger partial charge >= 0.3 is 0 Å². The lowest BCUT2D eigenvalue weighted by Gasteiger charge is -2.17. The number of amides is 2. The van der Waals surface area contributed by atoms with E-state index in [0.717, 1.165) is 32.5 Å². The zero-order valence-electron chi connectivity index (χ0n) is 19.1. The fourth-order valence-corrected chi connectivity index (χ4v) is 4.53. The number of aromatic nitrogens is 1. The SMILES string of the molecule is CNC(=O)c1ccc(CN(C)C(=O)Cc2sc(Nc3ccccc3)nc2-c2ccccc2)cc1. The molecule has 3 aromatic carbocycles. The van der Waals surface area contributed by atoms with E-state index in [0.29, 0.717) is 12.1 Å². The number of rotatable bonds is 8. The second-order valence-electron chi connectivity index (χ2n) is 7.85. The number of carbonyl (C=O) groups is 2. The number of hydrogen-bond donors (Lipinski definition) is 2. The molecule has 1 heterocycles. The Morgan fingerprint density at radius 3 is 2.21 bits per heavy atom. The minimum atomic E-state index is -0.130. The van der Waals surface area contributed by atoms with E-state index in [1.54, 1.807) is 31.1 Å². The van der Waals surface area contributed by atoms with Crippen molar-refractivity contribution in [1.82, 2.24) is 15.2 Å². The van der Waals surface area contributed by atoms with Crippen LogP contribution in [0.1, 0.15) is 20.8 Å². The Labute approximate surface area is 203 Å². The predicted octanol–water partition coefficient (Wildman–Crippen LogP) is 5.11. The molecule has 0 unspecified atom stereocenters. The van der Waals surface area contributed by atoms with Gasteiger partial charge < -0.3 is 15.5 Å². The van der Waals surface area contributed by atoms with Crippen LogP contribution in [0.5, 0.6) is 0 Å². The molecule has 0 radical (unpaired) electrons. The number of nitrogens with one attached hydrogen (secondary N) is 2. The van der Waals surface area contributed by atoms with Gasteiger partial charge in [-0.05, 0) is 29.8 Å². The monoisotopic (exact) mass is 470 g/mol. The molecule has 34 heavy (non-hydrogen) atoms. The molecule has 0 spiro atoms. The van der Waals surface area contributed by atoms with E-state index >= 15 is 0 Å². The summed E-state index contributed by atoms with van der Waals surface area (Å²) >= 11 is 1.49. The van der Waals surface area contributed by atoms with Crippen molar-refractivity contribution in [2.24, 2.45) is 0 Å². The third kappa shape index (κ3) is 5.68. The van der Waals surface area contributed by atoms with Crippen LogP contribution >= 0.6 is 11.3 Å². The highest BCUT2D eigenvalue weighted by Gasteiger charge is 2.19. The lowest BCUT2D eigenvalue weighted by molar-refractivity contribution is -0.129. The van der Waals surface area contributed by atoms with E-state index in [1.807, 2.05) is 72.8 Å². The first-order valence-electron chi connectivity index (χ1n) is 11.0. The molecule has 172 valence electrons. The van der Waals surface area contributed by atoms with Gasteiger partial charge in [0, 0.05) is 42.3 Å². The Bertz CT molecular complexity index is 1260. The molecule has 6 nitrogen and oxygen atoms in total. The Morgan fingerprint density at radius 1 is 0.912 bits per heavy atom. The van der Waals surface area contributed by atoms with Crippen molar-refractivity contribution in [3.05, 3.63) is 101 Å². The van der Waals surface area contributed by atoms with Crippen LogP contribution in [-0.2, 0) is 17.8 Å². The number of para-hydroxylation sites is 1. The average Bonchev–Trinajstić information content (AvgIpc) is 3.27. The number of anilines is 2. The van der Waals surface area contributed by atoms with Gasteiger partial charge in [0.15, 0.2) is 5.13 Å². The van der Waals surface area contributed by atoms with E-state index in [4.69, 9.17) is 4.98 Å². The summed E-state index contributed by atoms with van der Waals surface area (Å²) in [6.07, 6.45) is 0.255. The van der Waals surface area contributed by atoms with Crippen LogP contribution in [0.4, 0.5) is 10.8 Å². The van der Waals surface area contributed by atoms with E-state index in [9.17, 15) is 9.59 Å². The van der Waals surface area contributed by atoms with Crippen LogP contribution in [0.3, 0.4) is 0 Å². The summed E-state index contributed by atoms with van der Waals surface area (Å²) in [4.78, 5) is 32.3. The van der Waals surface area contributed by atoms with Gasteiger partial charge in [-0.2, -0.15) is 0 Å². The number of benzene rings is 3. The van der Waals surface area contributed by atoms with Crippen LogP contribution in [-0.4, -0.2) is 35.8 Å². The van der Waals surface area contributed by atoms with Crippen molar-refractivity contribution in [2.45, 2.75) is 13.0 Å². The van der Waals surface area contributed by atoms with Gasteiger partial charge in [0.2, 0.25) is 5.91 Å². The van der Waals surface area contributed by atoms with Crippen molar-refractivity contribution in [3.8, 4) is 11.3 Å². The summed E-state index contributed by atoms with van der Waals surface area (Å²) < 4.78 is 0. The molecule has 0 aliphatic heterocycles. The van der Waals surface area contributed by atoms with Crippen LogP contribution < -0.4 is 10.6 Å². The van der Waals surface area contributed by atoms with Crippen LogP contribution in [0.25, 0.3) is 11.3 Å². The maximum atomic E-state index is 13.1. The van der Waals surface area contributed by atoms with Crippen LogP contribution in [0, 0.1) is 0 Å². The van der Waals surface area contributed by atoms with Crippen LogP contribution in [0.2, 0.25) is 0 Å². The van der Waals surface area contributed by atoms with Crippen molar-refractivity contribution in [2.75, 3.05) is 19.4 Å². The first-order valence-corrected chi connectivity index (χ1v) is 11.8. The second kappa shape index (κ2) is 10.8. The minimum Gasteiger partial charge on any atom is -0.355 e. The van der Waals surface area contributed by atoms with Gasteiger partial charge in [-0.25, -0.2) is 4.98 Å². The lowest BCUT2D eigenvalue weighted by Crippen LogP contribution is -2.27. The highest BCUT2D eigenvalue weighted by molar-refractivity contribution is 7.16. The topological polar surface area (TPSA) is 74.3 Å². The standard InChI is InChI=1S/C27H26N4O2S/c1-28-26(33)21-15-13-19(14-16-21)18-31(2)24(32)17-23-25(20-9-5-3-6-10-20)30-27(34-23)29-22-11-7-4-8-12-22/h3-16H,17-18H2,1-2H3,(H,28,33)(H,29,30). The van der Waals surface area contributed by atoms with Crippen molar-refractivity contribution in [3.63, 3.8) is 0 Å². The molecule has 0 fully saturated rings. The Balaban J connectivity index is 1.51.